The lowest BCUT2D eigenvalue weighted by Gasteiger charge is -2.25. The molecule has 6 nitrogen and oxygen atoms in total. The highest BCUT2D eigenvalue weighted by Gasteiger charge is 2.32. The van der Waals surface area contributed by atoms with E-state index < -0.39 is 0 Å². The van der Waals surface area contributed by atoms with Gasteiger partial charge in [-0.2, -0.15) is 0 Å². The smallest absolute Gasteiger partial charge is 0.233 e. The molecule has 1 amide bonds. The highest BCUT2D eigenvalue weighted by atomic mass is 32.2. The maximum atomic E-state index is 12.3. The highest BCUT2D eigenvalue weighted by Crippen LogP contribution is 2.41. The zero-order valence-electron chi connectivity index (χ0n) is 13.8. The van der Waals surface area contributed by atoms with Crippen molar-refractivity contribution in [2.75, 3.05) is 26.5 Å². The van der Waals surface area contributed by atoms with Crippen LogP contribution in [0.4, 0.5) is 0 Å². The summed E-state index contributed by atoms with van der Waals surface area (Å²) in [5.41, 5.74) is 1.06. The molecule has 3 rings (SSSR count). The van der Waals surface area contributed by atoms with E-state index in [-0.39, 0.29) is 11.3 Å². The average molecular weight is 347 g/mol. The van der Waals surface area contributed by atoms with Crippen molar-refractivity contribution in [1.82, 2.24) is 14.5 Å². The SMILES string of the molecule is COc1ccc(C2SCC(=O)N2CCCn2ccnc2)cc1OC. The van der Waals surface area contributed by atoms with Crippen molar-refractivity contribution in [2.24, 2.45) is 0 Å². The quantitative estimate of drug-likeness (QED) is 0.770. The molecular formula is C17H21N3O3S. The number of benzene rings is 1. The topological polar surface area (TPSA) is 56.6 Å². The monoisotopic (exact) mass is 347 g/mol. The predicted molar refractivity (Wildman–Crippen MR) is 93.3 cm³/mol. The Hall–Kier alpha value is -2.15. The predicted octanol–water partition coefficient (Wildman–Crippen LogP) is 2.56. The normalized spacial score (nSPS) is 17.3. The van der Waals surface area contributed by atoms with Gasteiger partial charge in [0.05, 0.1) is 26.3 Å². The summed E-state index contributed by atoms with van der Waals surface area (Å²) in [6.45, 7) is 1.58. The Kier molecular flexibility index (Phi) is 5.30. The molecule has 2 heterocycles. The summed E-state index contributed by atoms with van der Waals surface area (Å²) < 4.78 is 12.7. The fourth-order valence-corrected chi connectivity index (χ4v) is 4.03. The summed E-state index contributed by atoms with van der Waals surface area (Å²) in [4.78, 5) is 18.2. The van der Waals surface area contributed by atoms with Crippen LogP contribution in [0.2, 0.25) is 0 Å². The van der Waals surface area contributed by atoms with Gasteiger partial charge in [0, 0.05) is 25.5 Å². The number of ether oxygens (including phenoxy) is 2. The standard InChI is InChI=1S/C17H21N3O3S/c1-22-14-5-4-13(10-15(14)23-2)17-20(16(21)11-24-17)8-3-7-19-9-6-18-12-19/h4-6,9-10,12,17H,3,7-8,11H2,1-2H3. The van der Waals surface area contributed by atoms with Crippen molar-refractivity contribution in [3.05, 3.63) is 42.5 Å². The first-order valence-electron chi connectivity index (χ1n) is 7.81. The van der Waals surface area contributed by atoms with Gasteiger partial charge in [-0.1, -0.05) is 6.07 Å². The lowest BCUT2D eigenvalue weighted by molar-refractivity contribution is -0.128. The Morgan fingerprint density at radius 2 is 2.08 bits per heavy atom. The van der Waals surface area contributed by atoms with Crippen LogP contribution >= 0.6 is 11.8 Å². The first kappa shape index (κ1) is 16.7. The fraction of sp³-hybridized carbons (Fsp3) is 0.412. The number of nitrogens with zero attached hydrogens (tertiary/aromatic N) is 3. The molecule has 1 fully saturated rings. The van der Waals surface area contributed by atoms with Crippen LogP contribution in [0.3, 0.4) is 0 Å². The molecule has 1 aromatic carbocycles. The number of methoxy groups -OCH3 is 2. The molecule has 1 aliphatic heterocycles. The summed E-state index contributed by atoms with van der Waals surface area (Å²) in [7, 11) is 3.24. The van der Waals surface area contributed by atoms with Gasteiger partial charge in [-0.3, -0.25) is 4.79 Å². The van der Waals surface area contributed by atoms with Crippen LogP contribution in [0.25, 0.3) is 0 Å². The first-order valence-corrected chi connectivity index (χ1v) is 8.86. The first-order chi connectivity index (χ1) is 11.7. The summed E-state index contributed by atoms with van der Waals surface area (Å²) in [5, 5.41) is 0.0279. The summed E-state index contributed by atoms with van der Waals surface area (Å²) in [6, 6.07) is 5.85. The van der Waals surface area contributed by atoms with Gasteiger partial charge >= 0.3 is 0 Å². The molecule has 7 heteroatoms. The van der Waals surface area contributed by atoms with Crippen molar-refractivity contribution in [1.29, 1.82) is 0 Å². The molecule has 1 unspecified atom stereocenters. The third kappa shape index (κ3) is 3.51. The van der Waals surface area contributed by atoms with Gasteiger partial charge in [-0.15, -0.1) is 11.8 Å². The average Bonchev–Trinajstić information content (AvgIpc) is 3.25. The van der Waals surface area contributed by atoms with Crippen molar-refractivity contribution in [3.63, 3.8) is 0 Å². The van der Waals surface area contributed by atoms with Gasteiger partial charge in [0.2, 0.25) is 5.91 Å². The van der Waals surface area contributed by atoms with E-state index in [1.54, 1.807) is 38.5 Å². The van der Waals surface area contributed by atoms with Crippen LogP contribution in [0.5, 0.6) is 11.5 Å². The van der Waals surface area contributed by atoms with Crippen LogP contribution < -0.4 is 9.47 Å². The number of hydrogen-bond donors (Lipinski definition) is 0. The second-order valence-corrected chi connectivity index (χ2v) is 6.59. The molecular weight excluding hydrogens is 326 g/mol. The minimum Gasteiger partial charge on any atom is -0.493 e. The molecule has 2 aromatic rings. The van der Waals surface area contributed by atoms with Gasteiger partial charge in [0.1, 0.15) is 5.37 Å². The van der Waals surface area contributed by atoms with Gasteiger partial charge in [-0.25, -0.2) is 4.98 Å². The van der Waals surface area contributed by atoms with E-state index in [9.17, 15) is 4.79 Å². The Morgan fingerprint density at radius 1 is 1.25 bits per heavy atom. The van der Waals surface area contributed by atoms with Crippen LogP contribution in [0, 0.1) is 0 Å². The van der Waals surface area contributed by atoms with E-state index >= 15 is 0 Å². The maximum absolute atomic E-state index is 12.3. The van der Waals surface area contributed by atoms with E-state index in [2.05, 4.69) is 4.98 Å². The third-order valence-corrected chi connectivity index (χ3v) is 5.29. The van der Waals surface area contributed by atoms with E-state index in [0.29, 0.717) is 17.3 Å². The number of rotatable bonds is 7. The van der Waals surface area contributed by atoms with Crippen LogP contribution in [0.1, 0.15) is 17.4 Å². The van der Waals surface area contributed by atoms with E-state index in [0.717, 1.165) is 25.1 Å². The van der Waals surface area contributed by atoms with Crippen molar-refractivity contribution in [2.45, 2.75) is 18.3 Å². The van der Waals surface area contributed by atoms with Gasteiger partial charge < -0.3 is 18.9 Å². The molecule has 1 saturated heterocycles. The zero-order valence-corrected chi connectivity index (χ0v) is 14.7. The molecule has 1 aliphatic rings. The molecule has 0 aliphatic carbocycles. The minimum atomic E-state index is 0.0279. The van der Waals surface area contributed by atoms with Crippen molar-refractivity contribution in [3.8, 4) is 11.5 Å². The third-order valence-electron chi connectivity index (χ3n) is 4.04. The molecule has 24 heavy (non-hydrogen) atoms. The summed E-state index contributed by atoms with van der Waals surface area (Å²) in [5.74, 6) is 2.09. The lowest BCUT2D eigenvalue weighted by atomic mass is 10.1. The zero-order chi connectivity index (χ0) is 16.9. The minimum absolute atomic E-state index is 0.0279. The lowest BCUT2D eigenvalue weighted by Crippen LogP contribution is -2.29. The largest absolute Gasteiger partial charge is 0.493 e. The Bertz CT molecular complexity index is 690. The molecule has 1 atom stereocenters. The Morgan fingerprint density at radius 3 is 2.79 bits per heavy atom. The fourth-order valence-electron chi connectivity index (χ4n) is 2.82. The van der Waals surface area contributed by atoms with Crippen LogP contribution in [-0.4, -0.2) is 46.9 Å². The number of carbonyl (C=O) groups is 1. The summed E-state index contributed by atoms with van der Waals surface area (Å²) >= 11 is 1.65. The molecule has 0 spiro atoms. The van der Waals surface area contributed by atoms with Gasteiger partial charge in [0.15, 0.2) is 11.5 Å². The Labute approximate surface area is 145 Å². The van der Waals surface area contributed by atoms with Gasteiger partial charge in [0.25, 0.3) is 0 Å². The number of imidazole rings is 1. The van der Waals surface area contributed by atoms with Crippen molar-refractivity contribution >= 4 is 17.7 Å². The van der Waals surface area contributed by atoms with Gasteiger partial charge in [-0.05, 0) is 24.1 Å². The molecule has 1 aromatic heterocycles. The maximum Gasteiger partial charge on any atom is 0.233 e. The molecule has 128 valence electrons. The molecule has 0 bridgehead atoms. The van der Waals surface area contributed by atoms with E-state index in [1.165, 1.54) is 0 Å². The second-order valence-electron chi connectivity index (χ2n) is 5.52. The number of amides is 1. The number of hydrogen-bond acceptors (Lipinski definition) is 5. The number of aromatic nitrogens is 2. The van der Waals surface area contributed by atoms with Crippen molar-refractivity contribution < 1.29 is 14.3 Å². The molecule has 0 N–H and O–H groups in total. The van der Waals surface area contributed by atoms with Crippen LogP contribution in [-0.2, 0) is 11.3 Å². The highest BCUT2D eigenvalue weighted by molar-refractivity contribution is 8.00. The summed E-state index contributed by atoms with van der Waals surface area (Å²) in [6.07, 6.45) is 6.40. The number of thioether (sulfide) groups is 1. The second kappa shape index (κ2) is 7.61. The molecule has 0 radical (unpaired) electrons. The number of carbonyl (C=O) groups excluding carboxylic acids is 1. The number of aryl methyl sites for hydroxylation is 1. The van der Waals surface area contributed by atoms with E-state index in [4.69, 9.17) is 9.47 Å². The van der Waals surface area contributed by atoms with E-state index in [1.807, 2.05) is 33.9 Å². The molecule has 0 saturated carbocycles. The Balaban J connectivity index is 1.70. The van der Waals surface area contributed by atoms with Crippen LogP contribution in [0.15, 0.2) is 36.9 Å².